The van der Waals surface area contributed by atoms with Gasteiger partial charge in [-0.3, -0.25) is 14.9 Å². The van der Waals surface area contributed by atoms with E-state index < -0.39 is 0 Å². The van der Waals surface area contributed by atoms with Gasteiger partial charge in [0.1, 0.15) is 11.5 Å². The summed E-state index contributed by atoms with van der Waals surface area (Å²) in [5, 5.41) is 8.55. The van der Waals surface area contributed by atoms with Crippen molar-refractivity contribution >= 4 is 40.5 Å². The second-order valence-corrected chi connectivity index (χ2v) is 7.74. The molecule has 0 bridgehead atoms. The highest BCUT2D eigenvalue weighted by molar-refractivity contribution is 7.80. The summed E-state index contributed by atoms with van der Waals surface area (Å²) in [6.07, 6.45) is 1.01. The van der Waals surface area contributed by atoms with Gasteiger partial charge in [0, 0.05) is 23.2 Å². The molecule has 0 saturated heterocycles. The van der Waals surface area contributed by atoms with Crippen LogP contribution in [0.2, 0.25) is 0 Å². The molecule has 2 aromatic rings. The third kappa shape index (κ3) is 7.25. The lowest BCUT2D eigenvalue weighted by Gasteiger charge is -2.15. The SMILES string of the molecule is CC[C@H](C)Oc1ccc(C(=O)NC(=S)Nc2ccc(NC(=O)C(C)C)c(OC)c2)cc1. The number of carbonyl (C=O) groups excluding carboxylic acids is 2. The van der Waals surface area contributed by atoms with Crippen molar-refractivity contribution in [1.82, 2.24) is 5.32 Å². The summed E-state index contributed by atoms with van der Waals surface area (Å²) >= 11 is 5.25. The number of ether oxygens (including phenoxy) is 2. The highest BCUT2D eigenvalue weighted by Gasteiger charge is 2.13. The molecule has 0 radical (unpaired) electrons. The predicted octanol–water partition coefficient (Wildman–Crippen LogP) is 4.59. The lowest BCUT2D eigenvalue weighted by molar-refractivity contribution is -0.118. The van der Waals surface area contributed by atoms with Gasteiger partial charge >= 0.3 is 0 Å². The van der Waals surface area contributed by atoms with Crippen LogP contribution in [-0.2, 0) is 4.79 Å². The number of benzene rings is 2. The fraction of sp³-hybridized carbons (Fsp3) is 0.348. The molecule has 0 aliphatic carbocycles. The van der Waals surface area contributed by atoms with E-state index in [1.165, 1.54) is 7.11 Å². The molecule has 1 atom stereocenters. The summed E-state index contributed by atoms with van der Waals surface area (Å²) in [5.41, 5.74) is 1.63. The molecule has 3 N–H and O–H groups in total. The van der Waals surface area contributed by atoms with E-state index in [-0.39, 0.29) is 28.9 Å². The second-order valence-electron chi connectivity index (χ2n) is 7.33. The van der Waals surface area contributed by atoms with E-state index in [9.17, 15) is 9.59 Å². The molecule has 0 fully saturated rings. The van der Waals surface area contributed by atoms with E-state index in [0.29, 0.717) is 28.4 Å². The van der Waals surface area contributed by atoms with E-state index in [0.717, 1.165) is 6.42 Å². The molecule has 8 heteroatoms. The topological polar surface area (TPSA) is 88.7 Å². The molecule has 0 aromatic heterocycles. The molecule has 31 heavy (non-hydrogen) atoms. The van der Waals surface area contributed by atoms with Gasteiger partial charge in [0.2, 0.25) is 5.91 Å². The van der Waals surface area contributed by atoms with Crippen LogP contribution in [0.5, 0.6) is 11.5 Å². The molecule has 2 aromatic carbocycles. The van der Waals surface area contributed by atoms with E-state index in [1.54, 1.807) is 42.5 Å². The Labute approximate surface area is 188 Å². The number of thiocarbonyl (C=S) groups is 1. The van der Waals surface area contributed by atoms with Crippen LogP contribution in [0.3, 0.4) is 0 Å². The molecule has 0 spiro atoms. The Morgan fingerprint density at radius 2 is 1.71 bits per heavy atom. The van der Waals surface area contributed by atoms with Gasteiger partial charge in [-0.15, -0.1) is 0 Å². The summed E-state index contributed by atoms with van der Waals surface area (Å²) in [7, 11) is 1.51. The van der Waals surface area contributed by atoms with E-state index in [2.05, 4.69) is 16.0 Å². The summed E-state index contributed by atoms with van der Waals surface area (Å²) < 4.78 is 11.1. The first-order valence-electron chi connectivity index (χ1n) is 10.1. The molecule has 2 rings (SSSR count). The van der Waals surface area contributed by atoms with Gasteiger partial charge in [-0.1, -0.05) is 20.8 Å². The molecule has 0 unspecified atom stereocenters. The van der Waals surface area contributed by atoms with Crippen LogP contribution in [0.1, 0.15) is 44.5 Å². The van der Waals surface area contributed by atoms with E-state index in [4.69, 9.17) is 21.7 Å². The number of anilines is 2. The first-order valence-corrected chi connectivity index (χ1v) is 10.5. The maximum atomic E-state index is 12.4. The lowest BCUT2D eigenvalue weighted by atomic mass is 10.2. The van der Waals surface area contributed by atoms with Gasteiger partial charge in [-0.05, 0) is 62.0 Å². The number of methoxy groups -OCH3 is 1. The van der Waals surface area contributed by atoms with Gasteiger partial charge in [0.25, 0.3) is 5.91 Å². The first-order chi connectivity index (χ1) is 14.7. The molecule has 2 amide bonds. The maximum absolute atomic E-state index is 12.4. The lowest BCUT2D eigenvalue weighted by Crippen LogP contribution is -2.34. The number of nitrogens with one attached hydrogen (secondary N) is 3. The zero-order valence-corrected chi connectivity index (χ0v) is 19.3. The van der Waals surface area contributed by atoms with Crippen molar-refractivity contribution < 1.29 is 19.1 Å². The number of amides is 2. The highest BCUT2D eigenvalue weighted by atomic mass is 32.1. The molecule has 0 aliphatic heterocycles. The molecular weight excluding hydrogens is 414 g/mol. The standard InChI is InChI=1S/C23H29N3O4S/c1-6-15(4)30-18-10-7-16(8-11-18)22(28)26-23(31)24-17-9-12-19(20(13-17)29-5)25-21(27)14(2)3/h7-15H,6H2,1-5H3,(H,25,27)(H2,24,26,28,31)/t15-/m0/s1. The van der Waals surface area contributed by atoms with Crippen molar-refractivity contribution in [1.29, 1.82) is 0 Å². The number of carbonyl (C=O) groups is 2. The maximum Gasteiger partial charge on any atom is 0.257 e. The Hall–Kier alpha value is -3.13. The van der Waals surface area contributed by atoms with Gasteiger partial charge < -0.3 is 20.1 Å². The first kappa shape index (κ1) is 24.1. The molecule has 0 heterocycles. The zero-order chi connectivity index (χ0) is 23.0. The van der Waals surface area contributed by atoms with Gasteiger partial charge in [0.05, 0.1) is 18.9 Å². The Kier molecular flexibility index (Phi) is 8.81. The second kappa shape index (κ2) is 11.3. The number of hydrogen-bond donors (Lipinski definition) is 3. The zero-order valence-electron chi connectivity index (χ0n) is 18.4. The molecule has 0 saturated carbocycles. The van der Waals surface area contributed by atoms with Crippen molar-refractivity contribution in [3.63, 3.8) is 0 Å². The van der Waals surface area contributed by atoms with Crippen molar-refractivity contribution in [2.75, 3.05) is 17.7 Å². The van der Waals surface area contributed by atoms with Crippen LogP contribution in [0.15, 0.2) is 42.5 Å². The highest BCUT2D eigenvalue weighted by Crippen LogP contribution is 2.28. The summed E-state index contributed by atoms with van der Waals surface area (Å²) in [4.78, 5) is 24.4. The van der Waals surface area contributed by atoms with Crippen LogP contribution < -0.4 is 25.4 Å². The average molecular weight is 444 g/mol. The quantitative estimate of drug-likeness (QED) is 0.517. The van der Waals surface area contributed by atoms with Crippen LogP contribution in [-0.4, -0.2) is 30.1 Å². The number of hydrogen-bond acceptors (Lipinski definition) is 5. The van der Waals surface area contributed by atoms with Crippen LogP contribution >= 0.6 is 12.2 Å². The minimum absolute atomic E-state index is 0.109. The van der Waals surface area contributed by atoms with Gasteiger partial charge in [-0.2, -0.15) is 0 Å². The fourth-order valence-corrected chi connectivity index (χ4v) is 2.70. The Balaban J connectivity index is 1.98. The summed E-state index contributed by atoms with van der Waals surface area (Å²) in [6.45, 7) is 7.66. The fourth-order valence-electron chi connectivity index (χ4n) is 2.49. The summed E-state index contributed by atoms with van der Waals surface area (Å²) in [5.74, 6) is 0.595. The minimum atomic E-state index is -0.333. The Morgan fingerprint density at radius 1 is 1.03 bits per heavy atom. The predicted molar refractivity (Wildman–Crippen MR) is 127 cm³/mol. The average Bonchev–Trinajstić information content (AvgIpc) is 2.74. The van der Waals surface area contributed by atoms with Crippen LogP contribution in [0.4, 0.5) is 11.4 Å². The Morgan fingerprint density at radius 3 is 2.29 bits per heavy atom. The monoisotopic (exact) mass is 443 g/mol. The van der Waals surface area contributed by atoms with E-state index in [1.807, 2.05) is 27.7 Å². The molecule has 166 valence electrons. The number of rotatable bonds is 8. The minimum Gasteiger partial charge on any atom is -0.494 e. The van der Waals surface area contributed by atoms with Crippen LogP contribution in [0.25, 0.3) is 0 Å². The molecule has 7 nitrogen and oxygen atoms in total. The molecule has 0 aliphatic rings. The van der Waals surface area contributed by atoms with E-state index >= 15 is 0 Å². The van der Waals surface area contributed by atoms with Gasteiger partial charge in [-0.25, -0.2) is 0 Å². The normalized spacial score (nSPS) is 11.4. The smallest absolute Gasteiger partial charge is 0.257 e. The summed E-state index contributed by atoms with van der Waals surface area (Å²) in [6, 6.07) is 12.0. The van der Waals surface area contributed by atoms with Crippen molar-refractivity contribution in [2.24, 2.45) is 5.92 Å². The van der Waals surface area contributed by atoms with Gasteiger partial charge in [0.15, 0.2) is 5.11 Å². The van der Waals surface area contributed by atoms with Crippen molar-refractivity contribution in [3.8, 4) is 11.5 Å². The molecular formula is C23H29N3O4S. The Bertz CT molecular complexity index is 929. The van der Waals surface area contributed by atoms with Crippen molar-refractivity contribution in [2.45, 2.75) is 40.2 Å². The largest absolute Gasteiger partial charge is 0.494 e. The van der Waals surface area contributed by atoms with Crippen molar-refractivity contribution in [3.05, 3.63) is 48.0 Å². The third-order valence-corrected chi connectivity index (χ3v) is 4.70. The third-order valence-electron chi connectivity index (χ3n) is 4.50. The van der Waals surface area contributed by atoms with Crippen LogP contribution in [0, 0.1) is 5.92 Å².